The number of amides is 3. The summed E-state index contributed by atoms with van der Waals surface area (Å²) in [4.78, 5) is 47.5. The maximum Gasteiger partial charge on any atom is 0.328 e. The van der Waals surface area contributed by atoms with Crippen LogP contribution in [-0.4, -0.2) is 48.9 Å². The van der Waals surface area contributed by atoms with E-state index in [0.717, 1.165) is 5.56 Å². The van der Waals surface area contributed by atoms with Crippen LogP contribution in [0.5, 0.6) is 0 Å². The molecular formula is C17H21N3O5. The third-order valence-corrected chi connectivity index (χ3v) is 3.87. The number of carbonyl (C=O) groups excluding carboxylic acids is 4. The Morgan fingerprint density at radius 3 is 2.36 bits per heavy atom. The molecule has 8 nitrogen and oxygen atoms in total. The summed E-state index contributed by atoms with van der Waals surface area (Å²) in [5.41, 5.74) is 0.922. The average molecular weight is 347 g/mol. The summed E-state index contributed by atoms with van der Waals surface area (Å²) < 4.78 is 4.51. The van der Waals surface area contributed by atoms with Crippen LogP contribution in [0.25, 0.3) is 0 Å². The van der Waals surface area contributed by atoms with Gasteiger partial charge in [-0.1, -0.05) is 30.3 Å². The number of nitrogens with one attached hydrogen (secondary N) is 3. The molecular weight excluding hydrogens is 326 g/mol. The number of esters is 1. The highest BCUT2D eigenvalue weighted by Crippen LogP contribution is 2.08. The van der Waals surface area contributed by atoms with Crippen LogP contribution in [0, 0.1) is 0 Å². The summed E-state index contributed by atoms with van der Waals surface area (Å²) in [5.74, 6) is -1.89. The molecule has 134 valence electrons. The lowest BCUT2D eigenvalue weighted by Gasteiger charge is -2.29. The number of hydrogen-bond acceptors (Lipinski definition) is 5. The molecule has 3 atom stereocenters. The zero-order chi connectivity index (χ0) is 18.4. The van der Waals surface area contributed by atoms with Gasteiger partial charge in [0.15, 0.2) is 0 Å². The smallest absolute Gasteiger partial charge is 0.328 e. The van der Waals surface area contributed by atoms with E-state index in [9.17, 15) is 19.2 Å². The van der Waals surface area contributed by atoms with E-state index in [1.165, 1.54) is 14.0 Å². The lowest BCUT2D eigenvalue weighted by molar-refractivity contribution is -0.145. The normalized spacial score (nSPS) is 20.9. The van der Waals surface area contributed by atoms with Gasteiger partial charge in [-0.2, -0.15) is 0 Å². The van der Waals surface area contributed by atoms with Crippen molar-refractivity contribution in [1.82, 2.24) is 16.0 Å². The molecule has 1 aromatic rings. The number of benzene rings is 1. The molecule has 3 amide bonds. The van der Waals surface area contributed by atoms with Gasteiger partial charge in [0.25, 0.3) is 0 Å². The summed E-state index contributed by atoms with van der Waals surface area (Å²) in [6.07, 6.45) is 0.119. The summed E-state index contributed by atoms with van der Waals surface area (Å²) in [6.45, 7) is 1.47. The second kappa shape index (κ2) is 8.27. The molecule has 1 heterocycles. The van der Waals surface area contributed by atoms with E-state index in [-0.39, 0.29) is 12.3 Å². The SMILES string of the molecule is COC(=O)[C@@H](C)NC(=O)C[C@@H]1NC(=O)[C@H](Cc2ccccc2)NC1=O. The molecule has 1 aromatic carbocycles. The van der Waals surface area contributed by atoms with Gasteiger partial charge in [-0.25, -0.2) is 4.79 Å². The number of hydrogen-bond donors (Lipinski definition) is 3. The Hall–Kier alpha value is -2.90. The first-order valence-electron chi connectivity index (χ1n) is 7.92. The maximum atomic E-state index is 12.2. The Morgan fingerprint density at radius 2 is 1.72 bits per heavy atom. The fourth-order valence-electron chi connectivity index (χ4n) is 2.53. The van der Waals surface area contributed by atoms with Gasteiger partial charge in [0, 0.05) is 6.42 Å². The van der Waals surface area contributed by atoms with E-state index < -0.39 is 35.9 Å². The standard InChI is InChI=1S/C17H21N3O5/c1-10(17(24)25-2)18-14(21)9-13-16(23)19-12(15(22)20-13)8-11-6-4-3-5-7-11/h3-7,10,12-13H,8-9H2,1-2H3,(H,18,21)(H,19,23)(H,20,22)/t10-,12+,13+/m1/s1. The summed E-state index contributed by atoms with van der Waals surface area (Å²) in [6, 6.07) is 6.84. The van der Waals surface area contributed by atoms with E-state index >= 15 is 0 Å². The van der Waals surface area contributed by atoms with Crippen molar-refractivity contribution in [3.63, 3.8) is 0 Å². The van der Waals surface area contributed by atoms with Gasteiger partial charge in [-0.3, -0.25) is 14.4 Å². The highest BCUT2D eigenvalue weighted by atomic mass is 16.5. The second-order valence-corrected chi connectivity index (χ2v) is 5.83. The molecule has 1 fully saturated rings. The monoisotopic (exact) mass is 347 g/mol. The molecule has 0 aliphatic carbocycles. The fourth-order valence-corrected chi connectivity index (χ4v) is 2.53. The average Bonchev–Trinajstić information content (AvgIpc) is 2.59. The minimum Gasteiger partial charge on any atom is -0.467 e. The van der Waals surface area contributed by atoms with Crippen molar-refractivity contribution in [3.05, 3.63) is 35.9 Å². The lowest BCUT2D eigenvalue weighted by atomic mass is 10.0. The fraction of sp³-hybridized carbons (Fsp3) is 0.412. The first-order valence-corrected chi connectivity index (χ1v) is 7.92. The number of ether oxygens (including phenoxy) is 1. The molecule has 0 radical (unpaired) electrons. The van der Waals surface area contributed by atoms with E-state index in [1.807, 2.05) is 30.3 Å². The Balaban J connectivity index is 1.89. The lowest BCUT2D eigenvalue weighted by Crippen LogP contribution is -2.63. The van der Waals surface area contributed by atoms with Gasteiger partial charge in [0.2, 0.25) is 17.7 Å². The maximum absolute atomic E-state index is 12.2. The topological polar surface area (TPSA) is 114 Å². The van der Waals surface area contributed by atoms with Crippen molar-refractivity contribution >= 4 is 23.7 Å². The molecule has 0 aromatic heterocycles. The van der Waals surface area contributed by atoms with Crippen LogP contribution in [0.1, 0.15) is 18.9 Å². The number of methoxy groups -OCH3 is 1. The molecule has 0 unspecified atom stereocenters. The number of carbonyl (C=O) groups is 4. The van der Waals surface area contributed by atoms with Gasteiger partial charge in [-0.15, -0.1) is 0 Å². The quantitative estimate of drug-likeness (QED) is 0.588. The van der Waals surface area contributed by atoms with Crippen LogP contribution in [-0.2, 0) is 30.3 Å². The molecule has 8 heteroatoms. The van der Waals surface area contributed by atoms with Gasteiger partial charge in [-0.05, 0) is 12.5 Å². The number of rotatable bonds is 6. The van der Waals surface area contributed by atoms with E-state index in [1.54, 1.807) is 0 Å². The Bertz CT molecular complexity index is 662. The molecule has 1 saturated heterocycles. The van der Waals surface area contributed by atoms with Gasteiger partial charge in [0.1, 0.15) is 18.1 Å². The van der Waals surface area contributed by atoms with Crippen molar-refractivity contribution in [2.45, 2.75) is 37.9 Å². The largest absolute Gasteiger partial charge is 0.467 e. The molecule has 2 rings (SSSR count). The van der Waals surface area contributed by atoms with Crippen LogP contribution < -0.4 is 16.0 Å². The molecule has 1 aliphatic heterocycles. The molecule has 0 saturated carbocycles. The van der Waals surface area contributed by atoms with E-state index in [2.05, 4.69) is 20.7 Å². The Morgan fingerprint density at radius 1 is 1.12 bits per heavy atom. The molecule has 0 bridgehead atoms. The molecule has 0 spiro atoms. The number of piperazine rings is 1. The minimum atomic E-state index is -0.968. The van der Waals surface area contributed by atoms with Crippen molar-refractivity contribution in [1.29, 1.82) is 0 Å². The molecule has 25 heavy (non-hydrogen) atoms. The first kappa shape index (κ1) is 18.4. The summed E-state index contributed by atoms with van der Waals surface area (Å²) >= 11 is 0. The van der Waals surface area contributed by atoms with Gasteiger partial charge >= 0.3 is 5.97 Å². The first-order chi connectivity index (χ1) is 11.9. The van der Waals surface area contributed by atoms with Crippen LogP contribution in [0.3, 0.4) is 0 Å². The van der Waals surface area contributed by atoms with E-state index in [4.69, 9.17) is 0 Å². The second-order valence-electron chi connectivity index (χ2n) is 5.83. The zero-order valence-electron chi connectivity index (χ0n) is 14.1. The van der Waals surface area contributed by atoms with Crippen molar-refractivity contribution < 1.29 is 23.9 Å². The summed E-state index contributed by atoms with van der Waals surface area (Å²) in [5, 5.41) is 7.61. The van der Waals surface area contributed by atoms with E-state index in [0.29, 0.717) is 6.42 Å². The minimum absolute atomic E-state index is 0.253. The summed E-state index contributed by atoms with van der Waals surface area (Å²) in [7, 11) is 1.21. The molecule has 3 N–H and O–H groups in total. The van der Waals surface area contributed by atoms with Crippen LogP contribution in [0.4, 0.5) is 0 Å². The van der Waals surface area contributed by atoms with Crippen LogP contribution in [0.2, 0.25) is 0 Å². The predicted octanol–water partition coefficient (Wildman–Crippen LogP) is -0.720. The Kier molecular flexibility index (Phi) is 6.10. The van der Waals surface area contributed by atoms with Crippen molar-refractivity contribution in [3.8, 4) is 0 Å². The third-order valence-electron chi connectivity index (χ3n) is 3.87. The zero-order valence-corrected chi connectivity index (χ0v) is 14.1. The van der Waals surface area contributed by atoms with Crippen molar-refractivity contribution in [2.24, 2.45) is 0 Å². The van der Waals surface area contributed by atoms with Crippen LogP contribution >= 0.6 is 0 Å². The highest BCUT2D eigenvalue weighted by Gasteiger charge is 2.35. The van der Waals surface area contributed by atoms with Crippen molar-refractivity contribution in [2.75, 3.05) is 7.11 Å². The van der Waals surface area contributed by atoms with Gasteiger partial charge < -0.3 is 20.7 Å². The third kappa shape index (κ3) is 5.03. The predicted molar refractivity (Wildman–Crippen MR) is 88.2 cm³/mol. The highest BCUT2D eigenvalue weighted by molar-refractivity contribution is 5.99. The van der Waals surface area contributed by atoms with Gasteiger partial charge in [0.05, 0.1) is 13.5 Å². The Labute approximate surface area is 145 Å². The van der Waals surface area contributed by atoms with Crippen LogP contribution in [0.15, 0.2) is 30.3 Å². The molecule has 1 aliphatic rings.